The Morgan fingerprint density at radius 3 is 2.57 bits per heavy atom. The monoisotopic (exact) mass is 622 g/mol. The molecule has 0 amide bonds. The highest BCUT2D eigenvalue weighted by atomic mass is 35.5. The minimum atomic E-state index is -1.08. The highest BCUT2D eigenvalue weighted by molar-refractivity contribution is 6.30. The number of aromatic nitrogens is 4. The molecule has 0 aliphatic carbocycles. The van der Waals surface area contributed by atoms with Crippen LogP contribution in [-0.2, 0) is 17.8 Å². The lowest BCUT2D eigenvalue weighted by molar-refractivity contribution is 0.0697. The van der Waals surface area contributed by atoms with Crippen LogP contribution in [0.4, 0.5) is 13.2 Å². The zero-order chi connectivity index (χ0) is 31.2. The predicted octanol–water partition coefficient (Wildman–Crippen LogP) is 7.03. The first-order valence-electron chi connectivity index (χ1n) is 13.7. The summed E-state index contributed by atoms with van der Waals surface area (Å²) in [7, 11) is 0. The van der Waals surface area contributed by atoms with Crippen LogP contribution in [0.5, 0.6) is 5.88 Å². The molecule has 226 valence electrons. The van der Waals surface area contributed by atoms with E-state index in [1.54, 1.807) is 6.07 Å². The minimum Gasteiger partial charge on any atom is -0.478 e. The zero-order valence-corrected chi connectivity index (χ0v) is 24.4. The number of halogens is 4. The molecule has 1 saturated heterocycles. The fourth-order valence-corrected chi connectivity index (χ4v) is 5.49. The van der Waals surface area contributed by atoms with Gasteiger partial charge < -0.3 is 19.1 Å². The van der Waals surface area contributed by atoms with E-state index in [9.17, 15) is 14.3 Å². The molecule has 44 heavy (non-hydrogen) atoms. The van der Waals surface area contributed by atoms with E-state index in [2.05, 4.69) is 15.0 Å². The lowest BCUT2D eigenvalue weighted by Gasteiger charge is -2.28. The van der Waals surface area contributed by atoms with Crippen molar-refractivity contribution in [3.63, 3.8) is 0 Å². The van der Waals surface area contributed by atoms with Gasteiger partial charge in [0.2, 0.25) is 5.88 Å². The molecule has 0 radical (unpaired) electrons. The molecule has 1 N–H and O–H groups in total. The third-order valence-electron chi connectivity index (χ3n) is 7.72. The first kappa shape index (κ1) is 29.6. The molecule has 3 heterocycles. The molecule has 1 unspecified atom stereocenters. The topological polar surface area (TPSA) is 99.4 Å². The fourth-order valence-electron chi connectivity index (χ4n) is 5.34. The first-order valence-corrected chi connectivity index (χ1v) is 14.1. The number of nitrogens with zero attached hydrogens (tertiary/aromatic N) is 4. The molecule has 1 aliphatic heterocycles. The molecule has 3 aromatic carbocycles. The molecular weight excluding hydrogens is 597 g/mol. The normalized spacial score (nSPS) is 16.0. The van der Waals surface area contributed by atoms with Crippen LogP contribution >= 0.6 is 11.6 Å². The van der Waals surface area contributed by atoms with Crippen LogP contribution in [0.25, 0.3) is 22.4 Å². The predicted molar refractivity (Wildman–Crippen MR) is 156 cm³/mol. The maximum absolute atomic E-state index is 15.6. The summed E-state index contributed by atoms with van der Waals surface area (Å²) >= 11 is 5.79. The van der Waals surface area contributed by atoms with Gasteiger partial charge in [-0.1, -0.05) is 31.5 Å². The highest BCUT2D eigenvalue weighted by Crippen LogP contribution is 2.40. The fraction of sp³-hybridized carbons (Fsp3) is 0.250. The van der Waals surface area contributed by atoms with E-state index in [1.807, 2.05) is 18.4 Å². The van der Waals surface area contributed by atoms with Gasteiger partial charge in [0.25, 0.3) is 0 Å². The lowest BCUT2D eigenvalue weighted by Crippen LogP contribution is -2.27. The second-order valence-electron chi connectivity index (χ2n) is 11.3. The standard InChI is InChI=1S/C32H26ClF3N4O4/c1-32(2)16-43-15-27(32)40-26-10-17(31(41)42)4-6-25(26)38-28(40)11-19-9-24(36)21(13-23(19)35)30-37-8-7-29(39-30)44-14-18-3-5-20(33)12-22(18)34/h3-10,12-13,27H,11,14-16H2,1-2H3,(H,41,42). The number of imidazole rings is 1. The molecule has 0 saturated carbocycles. The molecule has 2 aromatic heterocycles. The zero-order valence-electron chi connectivity index (χ0n) is 23.7. The Hall–Kier alpha value is -4.48. The summed E-state index contributed by atoms with van der Waals surface area (Å²) in [6.45, 7) is 4.73. The van der Waals surface area contributed by atoms with Crippen LogP contribution in [0.2, 0.25) is 5.02 Å². The summed E-state index contributed by atoms with van der Waals surface area (Å²) in [5.74, 6) is -2.72. The van der Waals surface area contributed by atoms with Gasteiger partial charge in [-0.15, -0.1) is 0 Å². The van der Waals surface area contributed by atoms with Crippen molar-refractivity contribution in [2.24, 2.45) is 5.41 Å². The van der Waals surface area contributed by atoms with Gasteiger partial charge in [0.15, 0.2) is 5.82 Å². The smallest absolute Gasteiger partial charge is 0.335 e. The van der Waals surface area contributed by atoms with Gasteiger partial charge in [0, 0.05) is 34.7 Å². The number of ether oxygens (including phenoxy) is 2. The summed E-state index contributed by atoms with van der Waals surface area (Å²) in [4.78, 5) is 24.6. The van der Waals surface area contributed by atoms with Crippen molar-refractivity contribution in [2.45, 2.75) is 32.9 Å². The Morgan fingerprint density at radius 1 is 1.05 bits per heavy atom. The molecule has 6 rings (SSSR count). The SMILES string of the molecule is CC1(C)COCC1n1c(Cc2cc(F)c(-c3nccc(OCc4ccc(Cl)cc4F)n3)cc2F)nc2ccc(C(=O)O)cc21. The number of aromatic carboxylic acids is 1. The number of benzene rings is 3. The van der Waals surface area contributed by atoms with E-state index in [4.69, 9.17) is 21.1 Å². The van der Waals surface area contributed by atoms with E-state index in [-0.39, 0.29) is 63.5 Å². The van der Waals surface area contributed by atoms with Gasteiger partial charge in [-0.25, -0.2) is 27.9 Å². The number of hydrogen-bond donors (Lipinski definition) is 1. The third-order valence-corrected chi connectivity index (χ3v) is 7.95. The highest BCUT2D eigenvalue weighted by Gasteiger charge is 2.39. The van der Waals surface area contributed by atoms with E-state index in [0.29, 0.717) is 30.1 Å². The molecule has 1 aliphatic rings. The average Bonchev–Trinajstić information content (AvgIpc) is 3.51. The number of carboxylic acids is 1. The number of hydrogen-bond acceptors (Lipinski definition) is 6. The number of fused-ring (bicyclic) bond motifs is 1. The molecule has 0 spiro atoms. The van der Waals surface area contributed by atoms with Crippen LogP contribution in [0.3, 0.4) is 0 Å². The maximum Gasteiger partial charge on any atom is 0.335 e. The molecule has 12 heteroatoms. The van der Waals surface area contributed by atoms with Crippen molar-refractivity contribution in [1.29, 1.82) is 0 Å². The van der Waals surface area contributed by atoms with E-state index < -0.39 is 23.4 Å². The van der Waals surface area contributed by atoms with E-state index in [1.165, 1.54) is 36.5 Å². The number of carbonyl (C=O) groups is 1. The number of rotatable bonds is 8. The van der Waals surface area contributed by atoms with Crippen molar-refractivity contribution in [3.8, 4) is 17.3 Å². The number of carboxylic acid groups (broad SMARTS) is 1. The summed E-state index contributed by atoms with van der Waals surface area (Å²) in [5.41, 5.74) is 0.988. The molecule has 0 bridgehead atoms. The van der Waals surface area contributed by atoms with Crippen LogP contribution < -0.4 is 4.74 Å². The van der Waals surface area contributed by atoms with Gasteiger partial charge in [-0.2, -0.15) is 4.98 Å². The van der Waals surface area contributed by atoms with E-state index in [0.717, 1.165) is 18.2 Å². The van der Waals surface area contributed by atoms with Crippen molar-refractivity contribution in [3.05, 3.63) is 106 Å². The summed E-state index contributed by atoms with van der Waals surface area (Å²) in [6, 6.07) is 12.1. The Kier molecular flexibility index (Phi) is 7.77. The summed E-state index contributed by atoms with van der Waals surface area (Å²) < 4.78 is 58.4. The average molecular weight is 623 g/mol. The van der Waals surface area contributed by atoms with Crippen molar-refractivity contribution in [2.75, 3.05) is 13.2 Å². The third kappa shape index (κ3) is 5.72. The first-order chi connectivity index (χ1) is 21.0. The Balaban J connectivity index is 1.31. The van der Waals surface area contributed by atoms with Crippen LogP contribution in [-0.4, -0.2) is 43.8 Å². The molecule has 1 fully saturated rings. The molecule has 5 aromatic rings. The Labute approximate surface area is 255 Å². The minimum absolute atomic E-state index is 0.0450. The van der Waals surface area contributed by atoms with Crippen molar-refractivity contribution in [1.82, 2.24) is 19.5 Å². The van der Waals surface area contributed by atoms with Gasteiger partial charge in [0.1, 0.15) is 29.9 Å². The van der Waals surface area contributed by atoms with Gasteiger partial charge in [0.05, 0.1) is 41.4 Å². The summed E-state index contributed by atoms with van der Waals surface area (Å²) in [5, 5.41) is 9.82. The Morgan fingerprint density at radius 2 is 1.84 bits per heavy atom. The molecular formula is C32H26ClF3N4O4. The molecule has 8 nitrogen and oxygen atoms in total. The van der Waals surface area contributed by atoms with Crippen LogP contribution in [0, 0.1) is 22.9 Å². The Bertz CT molecular complexity index is 1910. The lowest BCUT2D eigenvalue weighted by atomic mass is 9.87. The summed E-state index contributed by atoms with van der Waals surface area (Å²) in [6.07, 6.45) is 1.27. The second kappa shape index (κ2) is 11.5. The van der Waals surface area contributed by atoms with Gasteiger partial charge in [-0.3, -0.25) is 0 Å². The maximum atomic E-state index is 15.6. The van der Waals surface area contributed by atoms with Crippen molar-refractivity contribution >= 4 is 28.6 Å². The quantitative estimate of drug-likeness (QED) is 0.198. The van der Waals surface area contributed by atoms with Gasteiger partial charge >= 0.3 is 5.97 Å². The molecule has 1 atom stereocenters. The largest absolute Gasteiger partial charge is 0.478 e. The van der Waals surface area contributed by atoms with Crippen molar-refractivity contribution < 1.29 is 32.5 Å². The van der Waals surface area contributed by atoms with Crippen LogP contribution in [0.15, 0.2) is 60.8 Å². The van der Waals surface area contributed by atoms with Crippen LogP contribution in [0.1, 0.15) is 47.2 Å². The van der Waals surface area contributed by atoms with E-state index >= 15 is 8.78 Å². The van der Waals surface area contributed by atoms with Gasteiger partial charge in [-0.05, 0) is 48.0 Å². The second-order valence-corrected chi connectivity index (χ2v) is 11.7.